The third-order valence-corrected chi connectivity index (χ3v) is 13.6. The Labute approximate surface area is 407 Å². The lowest BCUT2D eigenvalue weighted by molar-refractivity contribution is -0.135. The summed E-state index contributed by atoms with van der Waals surface area (Å²) in [7, 11) is 1.87. The van der Waals surface area contributed by atoms with Gasteiger partial charge in [-0.05, 0) is 99.0 Å². The van der Waals surface area contributed by atoms with Crippen molar-refractivity contribution in [3.8, 4) is 22.6 Å². The summed E-state index contributed by atoms with van der Waals surface area (Å²) in [6.45, 7) is 8.55. The van der Waals surface area contributed by atoms with Crippen LogP contribution in [-0.2, 0) is 39.2 Å². The number of benzene rings is 4. The number of nitrogens with one attached hydrogen (secondary N) is 1. The molecule has 2 fully saturated rings. The van der Waals surface area contributed by atoms with Crippen LogP contribution in [0.2, 0.25) is 5.02 Å². The van der Waals surface area contributed by atoms with Crippen molar-refractivity contribution in [1.82, 2.24) is 34.4 Å². The fourth-order valence-corrected chi connectivity index (χ4v) is 10.0. The van der Waals surface area contributed by atoms with Gasteiger partial charge in [-0.2, -0.15) is 5.10 Å². The molecule has 9 rings (SSSR count). The van der Waals surface area contributed by atoms with Crippen molar-refractivity contribution in [1.29, 1.82) is 0 Å². The number of carboxylic acids is 1. The number of aromatic carboxylic acids is 1. The molecular weight excluding hydrogens is 921 g/mol. The zero-order valence-corrected chi connectivity index (χ0v) is 40.0. The number of imide groups is 1. The average molecular weight is 974 g/mol. The van der Waals surface area contributed by atoms with Crippen LogP contribution >= 0.6 is 11.6 Å². The van der Waals surface area contributed by atoms with E-state index in [0.29, 0.717) is 98.4 Å². The minimum Gasteiger partial charge on any atom is -0.493 e. The number of piperidine rings is 1. The second-order valence-electron chi connectivity index (χ2n) is 17.5. The molecule has 1 unspecified atom stereocenters. The molecule has 2 aliphatic rings. The highest BCUT2D eigenvalue weighted by Crippen LogP contribution is 2.42. The summed E-state index contributed by atoms with van der Waals surface area (Å²) in [5.74, 6) is -1.52. The Bertz CT molecular complexity index is 3180. The topological polar surface area (TPSA) is 198 Å². The normalized spacial score (nSPS) is 15.2. The van der Waals surface area contributed by atoms with Gasteiger partial charge in [0, 0.05) is 91.4 Å². The van der Waals surface area contributed by atoms with Crippen LogP contribution in [0.15, 0.2) is 72.8 Å². The summed E-state index contributed by atoms with van der Waals surface area (Å²) in [4.78, 5) is 68.5. The summed E-state index contributed by atoms with van der Waals surface area (Å²) in [6, 6.07) is 21.2. The summed E-state index contributed by atoms with van der Waals surface area (Å²) in [5, 5.41) is 28.5. The molecule has 4 aromatic carbocycles. The highest BCUT2D eigenvalue weighted by molar-refractivity contribution is 6.35. The van der Waals surface area contributed by atoms with Gasteiger partial charge in [-0.15, -0.1) is 0 Å². The molecule has 70 heavy (non-hydrogen) atoms. The number of carboxylic acid groups (broad SMARTS) is 2. The number of piperazine rings is 1. The van der Waals surface area contributed by atoms with Crippen molar-refractivity contribution >= 4 is 74.3 Å². The number of aryl methyl sites for hydroxylation is 4. The molecule has 364 valence electrons. The van der Waals surface area contributed by atoms with Gasteiger partial charge in [-0.25, -0.2) is 14.2 Å². The Morgan fingerprint density at radius 1 is 0.900 bits per heavy atom. The molecular formula is C52H53ClFN7O9. The van der Waals surface area contributed by atoms with Gasteiger partial charge >= 0.3 is 5.97 Å². The van der Waals surface area contributed by atoms with E-state index in [0.717, 1.165) is 55.1 Å². The lowest BCUT2D eigenvalue weighted by Crippen LogP contribution is -2.50. The largest absolute Gasteiger partial charge is 0.493 e. The van der Waals surface area contributed by atoms with E-state index < -0.39 is 11.9 Å². The Hall–Kier alpha value is -7.37. The third-order valence-electron chi connectivity index (χ3n) is 13.2. The molecule has 16 nitrogen and oxygen atoms in total. The van der Waals surface area contributed by atoms with Crippen molar-refractivity contribution in [2.45, 2.75) is 58.9 Å². The van der Waals surface area contributed by atoms with E-state index in [1.54, 1.807) is 21.7 Å². The van der Waals surface area contributed by atoms with E-state index in [1.807, 2.05) is 80.9 Å². The third kappa shape index (κ3) is 10.0. The van der Waals surface area contributed by atoms with Gasteiger partial charge in [0.2, 0.25) is 11.8 Å². The maximum atomic E-state index is 13.9. The number of ether oxygens (including phenoxy) is 2. The first kappa shape index (κ1) is 49.1. The second kappa shape index (κ2) is 21.1. The fourth-order valence-electron chi connectivity index (χ4n) is 9.80. The van der Waals surface area contributed by atoms with Crippen LogP contribution in [0.1, 0.15) is 63.9 Å². The number of nitrogens with zero attached hydrogens (tertiary/aromatic N) is 6. The molecule has 3 amide bonds. The second-order valence-corrected chi connectivity index (χ2v) is 17.9. The minimum absolute atomic E-state index is 0.164. The van der Waals surface area contributed by atoms with E-state index in [-0.39, 0.29) is 48.7 Å². The monoisotopic (exact) mass is 973 g/mol. The standard InChI is InChI=1S/C51H51ClFN7O7.CH2O2/c1-29-39(38-16-18-43(61)55-50(38)63)27-33-9-6-12-42(47(33)54-29)67-28-44(62)59-22-19-58(20-23-59)21-24-60-48-37(15-17-40(52)46(48)45-30(2)56-57(4)31(45)3)36(49(60)51(64)65)10-7-25-66-41-11-5-8-32-26-34(53)13-14-35(32)41;2-1-3/h5-6,8-9,11-15,17,26-27,38H,7,10,16,18-25,28H2,1-4H3,(H,64,65)(H,55,61,63);1H,(H,2,3). The first-order chi connectivity index (χ1) is 33.7. The van der Waals surface area contributed by atoms with E-state index >= 15 is 0 Å². The predicted octanol–water partition coefficient (Wildman–Crippen LogP) is 7.61. The molecule has 5 heterocycles. The van der Waals surface area contributed by atoms with Crippen molar-refractivity contribution in [3.63, 3.8) is 0 Å². The lowest BCUT2D eigenvalue weighted by Gasteiger charge is -2.35. The number of carbonyl (C=O) groups excluding carboxylic acids is 3. The van der Waals surface area contributed by atoms with Gasteiger partial charge in [-0.1, -0.05) is 41.9 Å². The van der Waals surface area contributed by atoms with Crippen molar-refractivity contribution in [2.24, 2.45) is 7.05 Å². The fraction of sp³-hybridized carbons (Fsp3) is 0.327. The van der Waals surface area contributed by atoms with E-state index in [4.69, 9.17) is 36.0 Å². The first-order valence-electron chi connectivity index (χ1n) is 23.0. The van der Waals surface area contributed by atoms with E-state index in [2.05, 4.69) is 15.3 Å². The van der Waals surface area contributed by atoms with Gasteiger partial charge in [0.05, 0.1) is 28.8 Å². The molecule has 0 bridgehead atoms. The van der Waals surface area contributed by atoms with Gasteiger partial charge < -0.3 is 29.2 Å². The Balaban J connectivity index is 0.00000214. The number of carbonyl (C=O) groups is 5. The molecule has 0 aliphatic carbocycles. The lowest BCUT2D eigenvalue weighted by atomic mass is 9.89. The highest BCUT2D eigenvalue weighted by atomic mass is 35.5. The van der Waals surface area contributed by atoms with Gasteiger partial charge in [-0.3, -0.25) is 34.1 Å². The SMILES string of the molecule is Cc1nc2c(OCC(=O)N3CCN(CCn4c(C(=O)O)c(CCCOc5cccc6cc(F)ccc56)c5ccc(Cl)c(-c6c(C)nn(C)c6C)c54)CC3)cccc2cc1C1CCC(=O)NC1=O.O=CO. The molecule has 0 saturated carbocycles. The van der Waals surface area contributed by atoms with Crippen molar-refractivity contribution < 1.29 is 48.0 Å². The molecule has 18 heteroatoms. The molecule has 2 saturated heterocycles. The van der Waals surface area contributed by atoms with E-state index in [1.165, 1.54) is 12.1 Å². The summed E-state index contributed by atoms with van der Waals surface area (Å²) >= 11 is 7.07. The number of halogens is 2. The number of hydrogen-bond donors (Lipinski definition) is 3. The number of pyridine rings is 1. The van der Waals surface area contributed by atoms with E-state index in [9.17, 15) is 28.7 Å². The molecule has 2 aliphatic heterocycles. The quantitative estimate of drug-likeness (QED) is 0.0549. The van der Waals surface area contributed by atoms with Gasteiger partial charge in [0.1, 0.15) is 28.5 Å². The number of amides is 3. The molecule has 0 spiro atoms. The molecule has 1 atom stereocenters. The van der Waals surface area contributed by atoms with Crippen molar-refractivity contribution in [2.75, 3.05) is 45.9 Å². The highest BCUT2D eigenvalue weighted by Gasteiger charge is 2.31. The van der Waals surface area contributed by atoms with Crippen molar-refractivity contribution in [3.05, 3.63) is 118 Å². The number of aromatic nitrogens is 4. The summed E-state index contributed by atoms with van der Waals surface area (Å²) < 4.78 is 29.9. The zero-order chi connectivity index (χ0) is 49.8. The number of hydrogen-bond acceptors (Lipinski definition) is 10. The number of fused-ring (bicyclic) bond motifs is 3. The van der Waals surface area contributed by atoms with Crippen LogP contribution in [0, 0.1) is 26.6 Å². The Kier molecular flexibility index (Phi) is 14.8. The summed E-state index contributed by atoms with van der Waals surface area (Å²) in [6.07, 6.45) is 1.62. The van der Waals surface area contributed by atoms with Gasteiger partial charge in [0.25, 0.3) is 12.4 Å². The maximum absolute atomic E-state index is 13.9. The zero-order valence-electron chi connectivity index (χ0n) is 39.3. The van der Waals surface area contributed by atoms with Crippen LogP contribution in [0.5, 0.6) is 11.5 Å². The maximum Gasteiger partial charge on any atom is 0.352 e. The molecule has 3 N–H and O–H groups in total. The molecule has 0 radical (unpaired) electrons. The first-order valence-corrected chi connectivity index (χ1v) is 23.4. The van der Waals surface area contributed by atoms with Crippen LogP contribution in [0.3, 0.4) is 0 Å². The van der Waals surface area contributed by atoms with Crippen LogP contribution in [0.25, 0.3) is 43.7 Å². The predicted molar refractivity (Wildman–Crippen MR) is 262 cm³/mol. The van der Waals surface area contributed by atoms with Crippen LogP contribution in [0.4, 0.5) is 4.39 Å². The van der Waals surface area contributed by atoms with Crippen LogP contribution in [-0.4, -0.2) is 115 Å². The molecule has 7 aromatic rings. The number of para-hydroxylation sites is 1. The smallest absolute Gasteiger partial charge is 0.352 e. The minimum atomic E-state index is -1.05. The van der Waals surface area contributed by atoms with Gasteiger partial charge in [0.15, 0.2) is 6.61 Å². The Morgan fingerprint density at radius 3 is 2.31 bits per heavy atom. The average Bonchev–Trinajstić information content (AvgIpc) is 3.79. The Morgan fingerprint density at radius 2 is 1.61 bits per heavy atom. The summed E-state index contributed by atoms with van der Waals surface area (Å²) in [5.41, 5.74) is 6.87. The van der Waals surface area contributed by atoms with Crippen LogP contribution < -0.4 is 14.8 Å². The molecule has 3 aromatic heterocycles. The number of rotatable bonds is 14.